The first-order valence-electron chi connectivity index (χ1n) is 6.51. The van der Waals surface area contributed by atoms with Crippen LogP contribution in [0.5, 0.6) is 5.75 Å². The van der Waals surface area contributed by atoms with E-state index in [1.54, 1.807) is 0 Å². The van der Waals surface area contributed by atoms with Gasteiger partial charge < -0.3 is 4.74 Å². The molecule has 3 rings (SSSR count). The molecule has 2 unspecified atom stereocenters. The van der Waals surface area contributed by atoms with E-state index in [4.69, 9.17) is 4.74 Å². The summed E-state index contributed by atoms with van der Waals surface area (Å²) in [6.45, 7) is 2.96. The maximum absolute atomic E-state index is 11.8. The zero-order chi connectivity index (χ0) is 11.8. The highest BCUT2D eigenvalue weighted by atomic mass is 16.5. The molecule has 0 saturated heterocycles. The van der Waals surface area contributed by atoms with Crippen molar-refractivity contribution in [2.24, 2.45) is 11.8 Å². The summed E-state index contributed by atoms with van der Waals surface area (Å²) >= 11 is 0. The second kappa shape index (κ2) is 4.17. The summed E-state index contributed by atoms with van der Waals surface area (Å²) in [4.78, 5) is 11.8. The normalized spacial score (nSPS) is 25.2. The van der Waals surface area contributed by atoms with Crippen molar-refractivity contribution in [3.05, 3.63) is 29.3 Å². The second-order valence-corrected chi connectivity index (χ2v) is 5.33. The molecule has 2 atom stereocenters. The maximum Gasteiger partial charge on any atom is 0.136 e. The average molecular weight is 230 g/mol. The van der Waals surface area contributed by atoms with Crippen LogP contribution in [-0.2, 0) is 17.6 Å². The summed E-state index contributed by atoms with van der Waals surface area (Å²) < 4.78 is 5.47. The van der Waals surface area contributed by atoms with E-state index in [0.717, 1.165) is 31.6 Å². The van der Waals surface area contributed by atoms with Gasteiger partial charge in [-0.15, -0.1) is 0 Å². The van der Waals surface area contributed by atoms with Gasteiger partial charge in [0.05, 0.1) is 6.61 Å². The summed E-state index contributed by atoms with van der Waals surface area (Å²) in [5, 5.41) is 0. The lowest BCUT2D eigenvalue weighted by molar-refractivity contribution is -0.120. The van der Waals surface area contributed by atoms with Crippen molar-refractivity contribution in [1.29, 1.82) is 0 Å². The summed E-state index contributed by atoms with van der Waals surface area (Å²) in [5.74, 6) is 2.48. The first-order chi connectivity index (χ1) is 8.24. The number of rotatable bonds is 4. The molecular formula is C15H18O2. The summed E-state index contributed by atoms with van der Waals surface area (Å²) in [5.41, 5.74) is 2.57. The molecule has 0 radical (unpaired) electrons. The van der Waals surface area contributed by atoms with Gasteiger partial charge in [-0.05, 0) is 36.0 Å². The van der Waals surface area contributed by atoms with E-state index < -0.39 is 0 Å². The highest BCUT2D eigenvalue weighted by Gasteiger charge is 2.38. The fraction of sp³-hybridized carbons (Fsp3) is 0.533. The van der Waals surface area contributed by atoms with Gasteiger partial charge >= 0.3 is 0 Å². The molecule has 90 valence electrons. The highest BCUT2D eigenvalue weighted by Crippen LogP contribution is 2.39. The van der Waals surface area contributed by atoms with Crippen molar-refractivity contribution in [1.82, 2.24) is 0 Å². The van der Waals surface area contributed by atoms with Crippen LogP contribution in [0.1, 0.15) is 30.9 Å². The molecule has 2 nitrogen and oxygen atoms in total. The van der Waals surface area contributed by atoms with Gasteiger partial charge in [0.2, 0.25) is 0 Å². The van der Waals surface area contributed by atoms with Crippen LogP contribution in [0.4, 0.5) is 0 Å². The number of aryl methyl sites for hydroxylation is 1. The summed E-state index contributed by atoms with van der Waals surface area (Å²) in [6.07, 6.45) is 3.71. The van der Waals surface area contributed by atoms with Crippen LogP contribution in [0.25, 0.3) is 0 Å². The van der Waals surface area contributed by atoms with Crippen LogP contribution in [0, 0.1) is 11.8 Å². The fourth-order valence-corrected chi connectivity index (χ4v) is 2.62. The molecule has 1 fully saturated rings. The Labute approximate surface area is 102 Å². The molecule has 2 heteroatoms. The second-order valence-electron chi connectivity index (χ2n) is 5.33. The first kappa shape index (κ1) is 10.8. The Hall–Kier alpha value is -1.31. The zero-order valence-electron chi connectivity index (χ0n) is 10.2. The highest BCUT2D eigenvalue weighted by molar-refractivity contribution is 5.83. The van der Waals surface area contributed by atoms with Crippen LogP contribution < -0.4 is 4.74 Å². The van der Waals surface area contributed by atoms with Crippen molar-refractivity contribution in [2.75, 3.05) is 6.61 Å². The predicted octanol–water partition coefficient (Wildman–Crippen LogP) is 2.78. The molecule has 1 aliphatic heterocycles. The zero-order valence-corrected chi connectivity index (χ0v) is 10.2. The number of hydrogen-bond acceptors (Lipinski definition) is 2. The van der Waals surface area contributed by atoms with Gasteiger partial charge in [-0.2, -0.15) is 0 Å². The molecule has 1 aromatic rings. The molecule has 0 aromatic heterocycles. The largest absolute Gasteiger partial charge is 0.493 e. The van der Waals surface area contributed by atoms with E-state index in [2.05, 4.69) is 19.1 Å². The fourth-order valence-electron chi connectivity index (χ4n) is 2.62. The minimum absolute atomic E-state index is 0.368. The quantitative estimate of drug-likeness (QED) is 0.795. The Balaban J connectivity index is 1.60. The number of carbonyl (C=O) groups is 1. The van der Waals surface area contributed by atoms with E-state index in [0.29, 0.717) is 24.0 Å². The molecule has 2 aliphatic rings. The lowest BCUT2D eigenvalue weighted by Crippen LogP contribution is -2.03. The third kappa shape index (κ3) is 2.21. The van der Waals surface area contributed by atoms with Gasteiger partial charge in [0.25, 0.3) is 0 Å². The van der Waals surface area contributed by atoms with E-state index >= 15 is 0 Å². The number of fused-ring (bicyclic) bond motifs is 1. The molecule has 1 aliphatic carbocycles. The number of Topliss-reactive ketones (excluding diaryl/α,β-unsaturated/α-hetero) is 1. The van der Waals surface area contributed by atoms with Crippen molar-refractivity contribution in [2.45, 2.75) is 32.6 Å². The van der Waals surface area contributed by atoms with Crippen molar-refractivity contribution in [3.63, 3.8) is 0 Å². The van der Waals surface area contributed by atoms with Crippen molar-refractivity contribution in [3.8, 4) is 5.75 Å². The number of hydrogen-bond donors (Lipinski definition) is 0. The Morgan fingerprint density at radius 1 is 1.47 bits per heavy atom. The lowest BCUT2D eigenvalue weighted by Gasteiger charge is -2.03. The number of benzene rings is 1. The predicted molar refractivity (Wildman–Crippen MR) is 66.2 cm³/mol. The third-order valence-electron chi connectivity index (χ3n) is 3.94. The Morgan fingerprint density at radius 2 is 2.29 bits per heavy atom. The first-order valence-corrected chi connectivity index (χ1v) is 6.51. The number of ether oxygens (including phenoxy) is 1. The van der Waals surface area contributed by atoms with Crippen molar-refractivity contribution < 1.29 is 9.53 Å². The van der Waals surface area contributed by atoms with Gasteiger partial charge in [0.15, 0.2) is 0 Å². The molecule has 0 bridgehead atoms. The van der Waals surface area contributed by atoms with E-state index in [1.807, 2.05) is 6.07 Å². The number of carbonyl (C=O) groups excluding carboxylic acids is 1. The van der Waals surface area contributed by atoms with Crippen LogP contribution in [0.2, 0.25) is 0 Å². The minimum atomic E-state index is 0.368. The van der Waals surface area contributed by atoms with Gasteiger partial charge in [-0.25, -0.2) is 0 Å². The summed E-state index contributed by atoms with van der Waals surface area (Å²) in [6, 6.07) is 6.33. The molecular weight excluding hydrogens is 212 g/mol. The van der Waals surface area contributed by atoms with E-state index in [9.17, 15) is 4.79 Å². The number of ketones is 1. The Kier molecular flexibility index (Phi) is 2.65. The van der Waals surface area contributed by atoms with E-state index in [-0.39, 0.29) is 0 Å². The van der Waals surface area contributed by atoms with Gasteiger partial charge in [0, 0.05) is 18.8 Å². The van der Waals surface area contributed by atoms with Crippen LogP contribution >= 0.6 is 0 Å². The molecule has 0 N–H and O–H groups in total. The topological polar surface area (TPSA) is 26.3 Å². The van der Waals surface area contributed by atoms with E-state index in [1.165, 1.54) is 11.1 Å². The lowest BCUT2D eigenvalue weighted by atomic mass is 10.0. The Morgan fingerprint density at radius 3 is 3.06 bits per heavy atom. The van der Waals surface area contributed by atoms with Gasteiger partial charge in [0.1, 0.15) is 11.5 Å². The van der Waals surface area contributed by atoms with Crippen LogP contribution in [-0.4, -0.2) is 12.4 Å². The molecule has 1 heterocycles. The third-order valence-corrected chi connectivity index (χ3v) is 3.94. The Bertz CT molecular complexity index is 450. The van der Waals surface area contributed by atoms with Crippen LogP contribution in [0.3, 0.4) is 0 Å². The monoisotopic (exact) mass is 230 g/mol. The van der Waals surface area contributed by atoms with Gasteiger partial charge in [-0.3, -0.25) is 4.79 Å². The molecule has 1 saturated carbocycles. The molecule has 0 amide bonds. The molecule has 17 heavy (non-hydrogen) atoms. The van der Waals surface area contributed by atoms with Crippen LogP contribution in [0.15, 0.2) is 18.2 Å². The molecule has 1 aromatic carbocycles. The maximum atomic E-state index is 11.8. The van der Waals surface area contributed by atoms with Crippen molar-refractivity contribution >= 4 is 5.78 Å². The molecule has 0 spiro atoms. The smallest absolute Gasteiger partial charge is 0.136 e. The standard InChI is InChI=1S/C15H18O2/c1-10-8-13(10)14(16)4-2-11-3-5-15-12(9-11)6-7-17-15/h3,5,9-10,13H,2,4,6-8H2,1H3. The van der Waals surface area contributed by atoms with Gasteiger partial charge in [-0.1, -0.05) is 19.1 Å². The average Bonchev–Trinajstić information content (AvgIpc) is 2.90. The minimum Gasteiger partial charge on any atom is -0.493 e. The summed E-state index contributed by atoms with van der Waals surface area (Å²) in [7, 11) is 0. The SMILES string of the molecule is CC1CC1C(=O)CCc1ccc2c(c1)CCO2.